The number of aromatic amines is 1. The minimum Gasteiger partial charge on any atom is -0.351 e. The lowest BCUT2D eigenvalue weighted by Gasteiger charge is -2.04. The van der Waals surface area contributed by atoms with Gasteiger partial charge >= 0.3 is 0 Å². The Morgan fingerprint density at radius 1 is 1.35 bits per heavy atom. The van der Waals surface area contributed by atoms with Gasteiger partial charge in [0.15, 0.2) is 5.69 Å². The molecule has 9 nitrogen and oxygen atoms in total. The molecular weight excluding hydrogens is 308 g/mol. The van der Waals surface area contributed by atoms with Crippen LogP contribution in [0.5, 0.6) is 0 Å². The largest absolute Gasteiger partial charge is 0.351 e. The molecule has 11 heteroatoms. The van der Waals surface area contributed by atoms with Gasteiger partial charge in [-0.25, -0.2) is 22.0 Å². The third-order valence-corrected chi connectivity index (χ3v) is 4.47. The topological polar surface area (TPSA) is 152 Å². The lowest BCUT2D eigenvalue weighted by atomic mass is 10.3. The second-order valence-electron chi connectivity index (χ2n) is 4.31. The number of nitrogens with two attached hydrogens (primary N) is 1. The first-order valence-corrected chi connectivity index (χ1v) is 9.17. The molecule has 0 aliphatic carbocycles. The fraction of sp³-hybridized carbons (Fsp3) is 0.556. The Balaban J connectivity index is 2.75. The average molecular weight is 324 g/mol. The zero-order valence-electron chi connectivity index (χ0n) is 11.0. The Morgan fingerprint density at radius 2 is 1.95 bits per heavy atom. The number of amides is 1. The summed E-state index contributed by atoms with van der Waals surface area (Å²) in [6.45, 7) is 1.51. The highest BCUT2D eigenvalue weighted by atomic mass is 32.2. The maximum absolute atomic E-state index is 11.8. The smallest absolute Gasteiger partial charge is 0.273 e. The van der Waals surface area contributed by atoms with Gasteiger partial charge in [-0.05, 0) is 13.3 Å². The Bertz CT molecular complexity index is 705. The van der Waals surface area contributed by atoms with Gasteiger partial charge in [0.2, 0.25) is 10.0 Å². The van der Waals surface area contributed by atoms with E-state index in [0.717, 1.165) is 6.26 Å². The number of aryl methyl sites for hydroxylation is 1. The predicted molar refractivity (Wildman–Crippen MR) is 71.4 cm³/mol. The molecule has 1 aromatic rings. The van der Waals surface area contributed by atoms with Crippen LogP contribution in [0, 0.1) is 6.92 Å². The molecule has 1 heterocycles. The number of hydrogen-bond donors (Lipinski definition) is 3. The number of carbonyl (C=O) groups is 1. The number of hydrogen-bond acceptors (Lipinski definition) is 6. The monoisotopic (exact) mass is 324 g/mol. The number of sulfonamides is 1. The molecule has 0 saturated carbocycles. The highest BCUT2D eigenvalue weighted by molar-refractivity contribution is 7.90. The van der Waals surface area contributed by atoms with Gasteiger partial charge in [-0.3, -0.25) is 9.89 Å². The van der Waals surface area contributed by atoms with Crippen LogP contribution >= 0.6 is 0 Å². The van der Waals surface area contributed by atoms with Gasteiger partial charge in [0, 0.05) is 12.8 Å². The molecule has 0 fully saturated rings. The molecule has 0 spiro atoms. The summed E-state index contributed by atoms with van der Waals surface area (Å²) < 4.78 is 44.5. The molecule has 0 saturated heterocycles. The van der Waals surface area contributed by atoms with Crippen molar-refractivity contribution in [3.63, 3.8) is 0 Å². The lowest BCUT2D eigenvalue weighted by molar-refractivity contribution is 0.0945. The van der Waals surface area contributed by atoms with Gasteiger partial charge in [-0.2, -0.15) is 5.10 Å². The fourth-order valence-corrected chi connectivity index (χ4v) is 3.09. The molecule has 0 atom stereocenters. The minimum absolute atomic E-state index is 0.0745. The van der Waals surface area contributed by atoms with E-state index in [-0.39, 0.29) is 35.0 Å². The van der Waals surface area contributed by atoms with Crippen LogP contribution in [0.4, 0.5) is 0 Å². The number of aromatic nitrogens is 2. The Morgan fingerprint density at radius 3 is 2.45 bits per heavy atom. The van der Waals surface area contributed by atoms with Crippen LogP contribution in [0.15, 0.2) is 4.90 Å². The van der Waals surface area contributed by atoms with E-state index in [2.05, 4.69) is 15.5 Å². The standard InChI is InChI=1S/C9H16N4O5S2/c1-6-8(20(10,17)18)7(13-12-6)9(14)11-4-3-5-19(2,15)16/h3-5H2,1-2H3,(H,11,14)(H,12,13)(H2,10,17,18). The Hall–Kier alpha value is -1.46. The molecule has 1 amide bonds. The molecular formula is C9H16N4O5S2. The second-order valence-corrected chi connectivity index (χ2v) is 8.07. The maximum atomic E-state index is 11.8. The van der Waals surface area contributed by atoms with E-state index in [0.29, 0.717) is 0 Å². The summed E-state index contributed by atoms with van der Waals surface area (Å²) >= 11 is 0. The summed E-state index contributed by atoms with van der Waals surface area (Å²) in [5.41, 5.74) is -0.168. The average Bonchev–Trinajstić information content (AvgIpc) is 2.64. The first kappa shape index (κ1) is 16.6. The van der Waals surface area contributed by atoms with Crippen LogP contribution in [0.25, 0.3) is 0 Å². The fourth-order valence-electron chi connectivity index (χ4n) is 1.54. The Labute approximate surface area is 116 Å². The number of rotatable bonds is 6. The van der Waals surface area contributed by atoms with E-state index in [1.807, 2.05) is 0 Å². The van der Waals surface area contributed by atoms with E-state index in [1.54, 1.807) is 0 Å². The molecule has 0 aliphatic heterocycles. The number of H-pyrrole nitrogens is 1. The summed E-state index contributed by atoms with van der Waals surface area (Å²) in [6.07, 6.45) is 1.31. The zero-order chi connectivity index (χ0) is 15.6. The third kappa shape index (κ3) is 4.58. The molecule has 0 unspecified atom stereocenters. The van der Waals surface area contributed by atoms with E-state index in [1.165, 1.54) is 6.92 Å². The summed E-state index contributed by atoms with van der Waals surface area (Å²) in [5.74, 6) is -0.804. The van der Waals surface area contributed by atoms with E-state index < -0.39 is 25.8 Å². The lowest BCUT2D eigenvalue weighted by Crippen LogP contribution is -2.28. The van der Waals surface area contributed by atoms with Gasteiger partial charge in [-0.15, -0.1) is 0 Å². The molecule has 0 aromatic carbocycles. The number of nitrogens with zero attached hydrogens (tertiary/aromatic N) is 1. The molecule has 1 aromatic heterocycles. The first-order valence-electron chi connectivity index (χ1n) is 5.56. The number of sulfone groups is 1. The van der Waals surface area contributed by atoms with E-state index >= 15 is 0 Å². The minimum atomic E-state index is -4.07. The number of carbonyl (C=O) groups excluding carboxylic acids is 1. The predicted octanol–water partition coefficient (Wildman–Crippen LogP) is -1.47. The molecule has 0 radical (unpaired) electrons. The van der Waals surface area contributed by atoms with Crippen LogP contribution in [0.3, 0.4) is 0 Å². The van der Waals surface area contributed by atoms with Gasteiger partial charge in [-0.1, -0.05) is 0 Å². The van der Waals surface area contributed by atoms with Crippen molar-refractivity contribution in [1.82, 2.24) is 15.5 Å². The van der Waals surface area contributed by atoms with Gasteiger partial charge < -0.3 is 5.32 Å². The highest BCUT2D eigenvalue weighted by Crippen LogP contribution is 2.15. The first-order chi connectivity index (χ1) is 9.02. The van der Waals surface area contributed by atoms with Gasteiger partial charge in [0.1, 0.15) is 14.7 Å². The van der Waals surface area contributed by atoms with Crippen molar-refractivity contribution in [2.75, 3.05) is 18.6 Å². The highest BCUT2D eigenvalue weighted by Gasteiger charge is 2.25. The van der Waals surface area contributed by atoms with E-state index in [4.69, 9.17) is 5.14 Å². The zero-order valence-corrected chi connectivity index (χ0v) is 12.6. The van der Waals surface area contributed by atoms with Gasteiger partial charge in [0.25, 0.3) is 5.91 Å². The van der Waals surface area contributed by atoms with Crippen molar-refractivity contribution < 1.29 is 21.6 Å². The van der Waals surface area contributed by atoms with Crippen molar-refractivity contribution in [3.05, 3.63) is 11.4 Å². The molecule has 4 N–H and O–H groups in total. The van der Waals surface area contributed by atoms with E-state index in [9.17, 15) is 21.6 Å². The maximum Gasteiger partial charge on any atom is 0.273 e. The number of nitrogens with one attached hydrogen (secondary N) is 2. The normalized spacial score (nSPS) is 12.3. The van der Waals surface area contributed by atoms with Crippen molar-refractivity contribution in [3.8, 4) is 0 Å². The summed E-state index contributed by atoms with van der Waals surface area (Å²) in [7, 11) is -7.17. The molecule has 1 rings (SSSR count). The van der Waals surface area contributed by atoms with Crippen LogP contribution in [0.2, 0.25) is 0 Å². The van der Waals surface area contributed by atoms with Crippen molar-refractivity contribution in [2.24, 2.45) is 5.14 Å². The third-order valence-electron chi connectivity index (χ3n) is 2.37. The van der Waals surface area contributed by atoms with Crippen LogP contribution in [0.1, 0.15) is 22.6 Å². The van der Waals surface area contributed by atoms with Crippen LogP contribution in [-0.4, -0.2) is 51.5 Å². The van der Waals surface area contributed by atoms with Crippen LogP contribution in [-0.2, 0) is 19.9 Å². The van der Waals surface area contributed by atoms with Crippen molar-refractivity contribution in [1.29, 1.82) is 0 Å². The quantitative estimate of drug-likeness (QED) is 0.543. The summed E-state index contributed by atoms with van der Waals surface area (Å²) in [4.78, 5) is 11.4. The van der Waals surface area contributed by atoms with Crippen molar-refractivity contribution >= 4 is 25.8 Å². The molecule has 0 bridgehead atoms. The second kappa shape index (κ2) is 5.89. The SMILES string of the molecule is Cc1[nH]nc(C(=O)NCCCS(C)(=O)=O)c1S(N)(=O)=O. The Kier molecular flexibility index (Phi) is 4.89. The molecule has 114 valence electrons. The molecule has 20 heavy (non-hydrogen) atoms. The summed E-state index contributed by atoms with van der Waals surface area (Å²) in [6, 6.07) is 0. The van der Waals surface area contributed by atoms with Crippen LogP contribution < -0.4 is 10.5 Å². The molecule has 0 aliphatic rings. The number of primary sulfonamides is 1. The summed E-state index contributed by atoms with van der Waals surface area (Å²) in [5, 5.41) is 13.4. The van der Waals surface area contributed by atoms with Gasteiger partial charge in [0.05, 0.1) is 11.4 Å². The van der Waals surface area contributed by atoms with Crippen molar-refractivity contribution in [2.45, 2.75) is 18.2 Å².